The van der Waals surface area contributed by atoms with Crippen LogP contribution in [-0.4, -0.2) is 30.0 Å². The molecule has 0 aliphatic heterocycles. The lowest BCUT2D eigenvalue weighted by Gasteiger charge is -2.12. The third-order valence-electron chi connectivity index (χ3n) is 1.88. The molecular weight excluding hydrogens is 222 g/mol. The van der Waals surface area contributed by atoms with E-state index in [1.54, 1.807) is 0 Å². The van der Waals surface area contributed by atoms with Crippen molar-refractivity contribution in [1.29, 1.82) is 0 Å². The SMILES string of the molecule is CCC(F)(F)CCCSCCOC(C)=O. The average Bonchev–Trinajstić information content (AvgIpc) is 2.16. The highest BCUT2D eigenvalue weighted by atomic mass is 32.2. The van der Waals surface area contributed by atoms with Crippen LogP contribution in [0.15, 0.2) is 0 Å². The first-order chi connectivity index (χ1) is 6.98. The standard InChI is InChI=1S/C10H18F2O2S/c1-3-10(11,12)5-4-7-15-8-6-14-9(2)13/h3-8H2,1-2H3. The maximum Gasteiger partial charge on any atom is 0.302 e. The summed E-state index contributed by atoms with van der Waals surface area (Å²) in [6, 6.07) is 0. The molecule has 0 aliphatic carbocycles. The molecule has 0 saturated carbocycles. The van der Waals surface area contributed by atoms with Gasteiger partial charge in [-0.1, -0.05) is 6.92 Å². The molecule has 0 fully saturated rings. The van der Waals surface area contributed by atoms with E-state index in [4.69, 9.17) is 4.74 Å². The third-order valence-corrected chi connectivity index (χ3v) is 2.91. The van der Waals surface area contributed by atoms with E-state index in [1.807, 2.05) is 0 Å². The van der Waals surface area contributed by atoms with E-state index in [9.17, 15) is 13.6 Å². The maximum atomic E-state index is 12.8. The van der Waals surface area contributed by atoms with Gasteiger partial charge in [-0.3, -0.25) is 4.79 Å². The normalized spacial score (nSPS) is 11.5. The quantitative estimate of drug-likeness (QED) is 0.481. The number of rotatable bonds is 8. The van der Waals surface area contributed by atoms with Gasteiger partial charge >= 0.3 is 5.97 Å². The summed E-state index contributed by atoms with van der Waals surface area (Å²) in [6.45, 7) is 3.21. The van der Waals surface area contributed by atoms with Gasteiger partial charge < -0.3 is 4.74 Å². The molecule has 90 valence electrons. The Balaban J connectivity index is 3.22. The van der Waals surface area contributed by atoms with Crippen LogP contribution in [0, 0.1) is 0 Å². The van der Waals surface area contributed by atoms with Crippen molar-refractivity contribution < 1.29 is 18.3 Å². The fourth-order valence-electron chi connectivity index (χ4n) is 0.956. The summed E-state index contributed by atoms with van der Waals surface area (Å²) in [5.74, 6) is -1.45. The molecule has 0 atom stereocenters. The van der Waals surface area contributed by atoms with E-state index in [1.165, 1.54) is 25.6 Å². The largest absolute Gasteiger partial charge is 0.465 e. The molecule has 0 bridgehead atoms. The fraction of sp³-hybridized carbons (Fsp3) is 0.900. The zero-order chi connectivity index (χ0) is 11.7. The Bertz CT molecular complexity index is 186. The van der Waals surface area contributed by atoms with Gasteiger partial charge in [0.2, 0.25) is 5.92 Å². The third kappa shape index (κ3) is 9.97. The minimum absolute atomic E-state index is 0.0515. The Kier molecular flexibility index (Phi) is 7.74. The predicted octanol–water partition coefficient (Wildman–Crippen LogP) is 3.11. The van der Waals surface area contributed by atoms with Crippen LogP contribution < -0.4 is 0 Å². The second-order valence-electron chi connectivity index (χ2n) is 3.27. The second kappa shape index (κ2) is 7.91. The van der Waals surface area contributed by atoms with E-state index in [0.717, 1.165) is 0 Å². The minimum Gasteiger partial charge on any atom is -0.465 e. The first-order valence-corrected chi connectivity index (χ1v) is 6.22. The van der Waals surface area contributed by atoms with Crippen molar-refractivity contribution in [3.05, 3.63) is 0 Å². The molecule has 0 rings (SSSR count). The lowest BCUT2D eigenvalue weighted by atomic mass is 10.1. The molecule has 0 radical (unpaired) electrons. The zero-order valence-electron chi connectivity index (χ0n) is 9.22. The summed E-state index contributed by atoms with van der Waals surface area (Å²) in [7, 11) is 0. The van der Waals surface area contributed by atoms with Gasteiger partial charge in [0.1, 0.15) is 6.61 Å². The number of ether oxygens (including phenoxy) is 1. The van der Waals surface area contributed by atoms with Crippen molar-refractivity contribution in [2.75, 3.05) is 18.1 Å². The molecule has 0 spiro atoms. The lowest BCUT2D eigenvalue weighted by molar-refractivity contribution is -0.140. The summed E-state index contributed by atoms with van der Waals surface area (Å²) in [5, 5.41) is 0. The van der Waals surface area contributed by atoms with E-state index in [-0.39, 0.29) is 18.8 Å². The van der Waals surface area contributed by atoms with Crippen molar-refractivity contribution in [3.8, 4) is 0 Å². The molecule has 5 heteroatoms. The highest BCUT2D eigenvalue weighted by molar-refractivity contribution is 7.99. The number of alkyl halides is 2. The van der Waals surface area contributed by atoms with Crippen molar-refractivity contribution >= 4 is 17.7 Å². The summed E-state index contributed by atoms with van der Waals surface area (Å²) in [4.78, 5) is 10.4. The van der Waals surface area contributed by atoms with Crippen molar-refractivity contribution in [2.24, 2.45) is 0 Å². The summed E-state index contributed by atoms with van der Waals surface area (Å²) >= 11 is 1.54. The smallest absolute Gasteiger partial charge is 0.302 e. The monoisotopic (exact) mass is 240 g/mol. The maximum absolute atomic E-state index is 12.8. The van der Waals surface area contributed by atoms with Crippen LogP contribution in [0.25, 0.3) is 0 Å². The molecular formula is C10H18F2O2S. The van der Waals surface area contributed by atoms with Gasteiger partial charge in [-0.25, -0.2) is 8.78 Å². The van der Waals surface area contributed by atoms with Crippen molar-refractivity contribution in [2.45, 2.75) is 39.0 Å². The fourth-order valence-corrected chi connectivity index (χ4v) is 1.71. The highest BCUT2D eigenvalue weighted by Crippen LogP contribution is 2.24. The van der Waals surface area contributed by atoms with Gasteiger partial charge in [-0.05, 0) is 12.2 Å². The predicted molar refractivity (Wildman–Crippen MR) is 58.4 cm³/mol. The van der Waals surface area contributed by atoms with Crippen LogP contribution in [0.5, 0.6) is 0 Å². The Morgan fingerprint density at radius 3 is 2.60 bits per heavy atom. The van der Waals surface area contributed by atoms with Crippen LogP contribution in [0.2, 0.25) is 0 Å². The van der Waals surface area contributed by atoms with E-state index < -0.39 is 5.92 Å². The number of carbonyl (C=O) groups excluding carboxylic acids is 1. The van der Waals surface area contributed by atoms with E-state index in [2.05, 4.69) is 0 Å². The van der Waals surface area contributed by atoms with Gasteiger partial charge in [0.25, 0.3) is 0 Å². The van der Waals surface area contributed by atoms with Gasteiger partial charge in [0, 0.05) is 25.5 Å². The first-order valence-electron chi connectivity index (χ1n) is 5.07. The topological polar surface area (TPSA) is 26.3 Å². The molecule has 0 aromatic heterocycles. The minimum atomic E-state index is -2.52. The lowest BCUT2D eigenvalue weighted by Crippen LogP contribution is -2.14. The Morgan fingerprint density at radius 1 is 1.40 bits per heavy atom. The summed E-state index contributed by atoms with van der Waals surface area (Å²) in [5.41, 5.74) is 0. The Hall–Kier alpha value is -0.320. The number of carbonyl (C=O) groups is 1. The van der Waals surface area contributed by atoms with Crippen LogP contribution in [0.4, 0.5) is 8.78 Å². The van der Waals surface area contributed by atoms with Crippen LogP contribution in [0.3, 0.4) is 0 Å². The number of esters is 1. The molecule has 0 amide bonds. The second-order valence-corrected chi connectivity index (χ2v) is 4.49. The average molecular weight is 240 g/mol. The van der Waals surface area contributed by atoms with Crippen molar-refractivity contribution in [1.82, 2.24) is 0 Å². The molecule has 0 saturated heterocycles. The molecule has 0 heterocycles. The summed E-state index contributed by atoms with van der Waals surface area (Å²) < 4.78 is 30.2. The summed E-state index contributed by atoms with van der Waals surface area (Å²) in [6.07, 6.45) is 0.362. The molecule has 0 aliphatic rings. The van der Waals surface area contributed by atoms with Crippen LogP contribution in [-0.2, 0) is 9.53 Å². The van der Waals surface area contributed by atoms with Crippen LogP contribution >= 0.6 is 11.8 Å². The van der Waals surface area contributed by atoms with Gasteiger partial charge in [-0.15, -0.1) is 0 Å². The van der Waals surface area contributed by atoms with E-state index in [0.29, 0.717) is 24.5 Å². The van der Waals surface area contributed by atoms with Gasteiger partial charge in [0.05, 0.1) is 0 Å². The van der Waals surface area contributed by atoms with E-state index >= 15 is 0 Å². The molecule has 15 heavy (non-hydrogen) atoms. The Morgan fingerprint density at radius 2 is 2.07 bits per heavy atom. The molecule has 0 N–H and O–H groups in total. The first kappa shape index (κ1) is 14.7. The van der Waals surface area contributed by atoms with Crippen molar-refractivity contribution in [3.63, 3.8) is 0 Å². The number of thioether (sulfide) groups is 1. The van der Waals surface area contributed by atoms with Gasteiger partial charge in [0.15, 0.2) is 0 Å². The zero-order valence-corrected chi connectivity index (χ0v) is 10.0. The Labute approximate surface area is 93.8 Å². The molecule has 2 nitrogen and oxygen atoms in total. The molecule has 0 unspecified atom stereocenters. The highest BCUT2D eigenvalue weighted by Gasteiger charge is 2.24. The molecule has 0 aromatic carbocycles. The van der Waals surface area contributed by atoms with Gasteiger partial charge in [-0.2, -0.15) is 11.8 Å². The number of halogens is 2. The molecule has 0 aromatic rings. The number of hydrogen-bond acceptors (Lipinski definition) is 3. The number of hydrogen-bond donors (Lipinski definition) is 0. The van der Waals surface area contributed by atoms with Crippen LogP contribution in [0.1, 0.15) is 33.1 Å².